The highest BCUT2D eigenvalue weighted by Crippen LogP contribution is 2.34. The van der Waals surface area contributed by atoms with Crippen molar-refractivity contribution in [3.63, 3.8) is 0 Å². The highest BCUT2D eigenvalue weighted by molar-refractivity contribution is 7.98. The molecular weight excluding hydrogens is 254 g/mol. The Bertz CT molecular complexity index is 448. The second-order valence-corrected chi connectivity index (χ2v) is 4.20. The highest BCUT2D eigenvalue weighted by Gasteiger charge is 2.11. The Balaban J connectivity index is 3.01. The number of nitrogens with one attached hydrogen (secondary N) is 1. The maximum Gasteiger partial charge on any atom is 0.284 e. The van der Waals surface area contributed by atoms with E-state index in [4.69, 9.17) is 9.47 Å². The summed E-state index contributed by atoms with van der Waals surface area (Å²) in [6, 6.07) is 3.63. The number of hydrogen-bond acceptors (Lipinski definition) is 5. The van der Waals surface area contributed by atoms with Crippen molar-refractivity contribution in [2.45, 2.75) is 11.4 Å². The van der Waals surface area contributed by atoms with Gasteiger partial charge in [-0.25, -0.2) is 0 Å². The lowest BCUT2D eigenvalue weighted by Crippen LogP contribution is -2.23. The minimum atomic E-state index is -0.662. The maximum absolute atomic E-state index is 10.9. The molecule has 0 spiro atoms. The van der Waals surface area contributed by atoms with E-state index < -0.39 is 5.91 Å². The van der Waals surface area contributed by atoms with Crippen molar-refractivity contribution in [3.8, 4) is 11.5 Å². The lowest BCUT2D eigenvalue weighted by molar-refractivity contribution is -0.131. The second-order valence-electron chi connectivity index (χ2n) is 3.35. The van der Waals surface area contributed by atoms with E-state index in [2.05, 4.69) is 5.32 Å². The fourth-order valence-electron chi connectivity index (χ4n) is 1.45. The molecule has 0 heterocycles. The molecule has 0 radical (unpaired) electrons. The Hall–Kier alpha value is -1.69. The van der Waals surface area contributed by atoms with E-state index in [0.717, 1.165) is 10.5 Å². The van der Waals surface area contributed by atoms with Crippen LogP contribution in [-0.4, -0.2) is 32.7 Å². The summed E-state index contributed by atoms with van der Waals surface area (Å²) >= 11 is 1.54. The third-order valence-corrected chi connectivity index (χ3v) is 3.11. The molecule has 0 aliphatic rings. The fraction of sp³-hybridized carbons (Fsp3) is 0.333. The minimum absolute atomic E-state index is 0.214. The molecule has 0 aliphatic carbocycles. The molecule has 98 valence electrons. The zero-order chi connectivity index (χ0) is 13.5. The fourth-order valence-corrected chi connectivity index (χ4v) is 2.02. The van der Waals surface area contributed by atoms with Crippen LogP contribution in [-0.2, 0) is 16.1 Å². The van der Waals surface area contributed by atoms with E-state index in [1.807, 2.05) is 12.3 Å². The van der Waals surface area contributed by atoms with Crippen molar-refractivity contribution in [1.29, 1.82) is 0 Å². The molecule has 1 N–H and O–H groups in total. The summed E-state index contributed by atoms with van der Waals surface area (Å²) in [5.41, 5.74) is 0.752. The van der Waals surface area contributed by atoms with Crippen LogP contribution < -0.4 is 14.8 Å². The Kier molecular flexibility index (Phi) is 5.51. The van der Waals surface area contributed by atoms with Gasteiger partial charge in [-0.05, 0) is 18.4 Å². The average molecular weight is 269 g/mol. The van der Waals surface area contributed by atoms with Crippen LogP contribution >= 0.6 is 11.8 Å². The van der Waals surface area contributed by atoms with Crippen LogP contribution in [0, 0.1) is 0 Å². The van der Waals surface area contributed by atoms with E-state index in [9.17, 15) is 9.59 Å². The number of benzene rings is 1. The molecule has 5 nitrogen and oxygen atoms in total. The van der Waals surface area contributed by atoms with Crippen LogP contribution in [0.2, 0.25) is 0 Å². The van der Waals surface area contributed by atoms with Gasteiger partial charge in [-0.15, -0.1) is 11.8 Å². The first kappa shape index (κ1) is 14.4. The minimum Gasteiger partial charge on any atom is -0.496 e. The van der Waals surface area contributed by atoms with Crippen molar-refractivity contribution in [1.82, 2.24) is 5.32 Å². The smallest absolute Gasteiger partial charge is 0.284 e. The molecule has 1 aromatic carbocycles. The average Bonchev–Trinajstić information content (AvgIpc) is 2.43. The Morgan fingerprint density at radius 2 is 2.00 bits per heavy atom. The van der Waals surface area contributed by atoms with Crippen LogP contribution in [0.15, 0.2) is 17.0 Å². The molecule has 0 aromatic heterocycles. The van der Waals surface area contributed by atoms with E-state index in [1.165, 1.54) is 11.8 Å². The summed E-state index contributed by atoms with van der Waals surface area (Å²) in [5, 5.41) is 2.46. The van der Waals surface area contributed by atoms with Gasteiger partial charge in [0.05, 0.1) is 19.1 Å². The summed E-state index contributed by atoms with van der Waals surface area (Å²) in [7, 11) is 3.13. The van der Waals surface area contributed by atoms with Crippen LogP contribution in [0.25, 0.3) is 0 Å². The topological polar surface area (TPSA) is 64.6 Å². The standard InChI is InChI=1S/C12H15NO4S/c1-16-9-5-11(18-3)10(17-2)4-8(9)6-13-12(15)7-14/h4-5,7H,6H2,1-3H3,(H,13,15). The lowest BCUT2D eigenvalue weighted by atomic mass is 10.2. The number of methoxy groups -OCH3 is 2. The molecule has 6 heteroatoms. The molecule has 18 heavy (non-hydrogen) atoms. The summed E-state index contributed by atoms with van der Waals surface area (Å²) in [6.45, 7) is 0.214. The first-order valence-electron chi connectivity index (χ1n) is 5.18. The molecule has 0 unspecified atom stereocenters. The second kappa shape index (κ2) is 6.90. The van der Waals surface area contributed by atoms with E-state index >= 15 is 0 Å². The van der Waals surface area contributed by atoms with Crippen LogP contribution in [0.5, 0.6) is 11.5 Å². The molecule has 0 bridgehead atoms. The lowest BCUT2D eigenvalue weighted by Gasteiger charge is -2.13. The number of aldehydes is 1. The predicted molar refractivity (Wildman–Crippen MR) is 69.2 cm³/mol. The molecule has 0 fully saturated rings. The molecule has 1 aromatic rings. The number of ether oxygens (including phenoxy) is 2. The van der Waals surface area contributed by atoms with Gasteiger partial charge in [0.15, 0.2) is 0 Å². The Labute approximate surface area is 110 Å². The van der Waals surface area contributed by atoms with E-state index in [0.29, 0.717) is 11.5 Å². The molecular formula is C12H15NO4S. The molecule has 0 saturated heterocycles. The Morgan fingerprint density at radius 3 is 2.50 bits per heavy atom. The van der Waals surface area contributed by atoms with Crippen LogP contribution in [0.3, 0.4) is 0 Å². The van der Waals surface area contributed by atoms with Gasteiger partial charge in [0.1, 0.15) is 11.5 Å². The summed E-state index contributed by atoms with van der Waals surface area (Å²) in [4.78, 5) is 22.1. The number of carbonyl (C=O) groups is 2. The van der Waals surface area contributed by atoms with Crippen molar-refractivity contribution in [2.24, 2.45) is 0 Å². The van der Waals surface area contributed by atoms with Gasteiger partial charge in [-0.3, -0.25) is 9.59 Å². The van der Waals surface area contributed by atoms with Gasteiger partial charge in [0.2, 0.25) is 6.29 Å². The van der Waals surface area contributed by atoms with Gasteiger partial charge in [-0.1, -0.05) is 0 Å². The van der Waals surface area contributed by atoms with Gasteiger partial charge in [-0.2, -0.15) is 0 Å². The first-order chi connectivity index (χ1) is 8.65. The molecule has 0 aliphatic heterocycles. The number of hydrogen-bond donors (Lipinski definition) is 1. The summed E-state index contributed by atoms with van der Waals surface area (Å²) < 4.78 is 10.5. The molecule has 1 amide bonds. The van der Waals surface area contributed by atoms with Gasteiger partial charge in [0.25, 0.3) is 5.91 Å². The quantitative estimate of drug-likeness (QED) is 0.478. The number of carbonyl (C=O) groups excluding carboxylic acids is 2. The zero-order valence-electron chi connectivity index (χ0n) is 10.5. The van der Waals surface area contributed by atoms with Crippen molar-refractivity contribution >= 4 is 24.0 Å². The van der Waals surface area contributed by atoms with Crippen LogP contribution in [0.1, 0.15) is 5.56 Å². The normalized spacial score (nSPS) is 9.72. The summed E-state index contributed by atoms with van der Waals surface area (Å²) in [5.74, 6) is 0.690. The third-order valence-electron chi connectivity index (χ3n) is 2.35. The molecule has 0 saturated carbocycles. The molecule has 0 atom stereocenters. The van der Waals surface area contributed by atoms with Crippen molar-refractivity contribution in [2.75, 3.05) is 20.5 Å². The van der Waals surface area contributed by atoms with Crippen LogP contribution in [0.4, 0.5) is 0 Å². The molecule has 1 rings (SSSR count). The largest absolute Gasteiger partial charge is 0.496 e. The Morgan fingerprint density at radius 1 is 1.33 bits per heavy atom. The van der Waals surface area contributed by atoms with Crippen molar-refractivity contribution in [3.05, 3.63) is 17.7 Å². The maximum atomic E-state index is 10.9. The summed E-state index contributed by atoms with van der Waals surface area (Å²) in [6.07, 6.45) is 2.17. The SMILES string of the molecule is COc1cc(SC)c(OC)cc1CNC(=O)C=O. The van der Waals surface area contributed by atoms with E-state index in [1.54, 1.807) is 20.3 Å². The van der Waals surface area contributed by atoms with Gasteiger partial charge >= 0.3 is 0 Å². The number of thioether (sulfide) groups is 1. The zero-order valence-corrected chi connectivity index (χ0v) is 11.3. The number of rotatable bonds is 6. The van der Waals surface area contributed by atoms with Crippen molar-refractivity contribution < 1.29 is 19.1 Å². The highest BCUT2D eigenvalue weighted by atomic mass is 32.2. The predicted octanol–water partition coefficient (Wildman–Crippen LogP) is 1.24. The van der Waals surface area contributed by atoms with Gasteiger partial charge in [0, 0.05) is 12.1 Å². The van der Waals surface area contributed by atoms with Gasteiger partial charge < -0.3 is 14.8 Å². The van der Waals surface area contributed by atoms with E-state index in [-0.39, 0.29) is 12.8 Å². The third kappa shape index (κ3) is 3.40. The monoisotopic (exact) mass is 269 g/mol. The number of amides is 1. The first-order valence-corrected chi connectivity index (χ1v) is 6.40.